The molecule has 5 N–H and O–H groups in total. The average molecular weight is 478 g/mol. The van der Waals surface area contributed by atoms with Crippen molar-refractivity contribution >= 4 is 11.5 Å². The van der Waals surface area contributed by atoms with Crippen molar-refractivity contribution in [2.75, 3.05) is 39.9 Å². The highest BCUT2D eigenvalue weighted by atomic mass is 19.1. The average Bonchev–Trinajstić information content (AvgIpc) is 2.83. The maximum atomic E-state index is 14.9. The van der Waals surface area contributed by atoms with Crippen molar-refractivity contribution in [3.8, 4) is 11.5 Å². The van der Waals surface area contributed by atoms with Crippen molar-refractivity contribution in [3.05, 3.63) is 71.3 Å². The summed E-state index contributed by atoms with van der Waals surface area (Å²) in [4.78, 5) is 8.89. The molecule has 0 atom stereocenters. The Hall–Kier alpha value is -3.43. The van der Waals surface area contributed by atoms with Gasteiger partial charge < -0.3 is 26.0 Å². The van der Waals surface area contributed by atoms with Gasteiger partial charge in [-0.25, -0.2) is 9.38 Å². The van der Waals surface area contributed by atoms with E-state index in [1.54, 1.807) is 24.3 Å². The minimum Gasteiger partial charge on any atom is -0.454 e. The first-order valence-electron chi connectivity index (χ1n) is 12.1. The van der Waals surface area contributed by atoms with E-state index < -0.39 is 5.82 Å². The molecule has 3 aliphatic rings. The first kappa shape index (κ1) is 23.3. The number of ether oxygens (including phenoxy) is 1. The van der Waals surface area contributed by atoms with Crippen molar-refractivity contribution in [1.82, 2.24) is 20.4 Å². The Morgan fingerprint density at radius 1 is 1.17 bits per heavy atom. The van der Waals surface area contributed by atoms with Gasteiger partial charge in [0.1, 0.15) is 24.1 Å². The molecule has 0 unspecified atom stereocenters. The second-order valence-electron chi connectivity index (χ2n) is 9.31. The number of hydrogen-bond donors (Lipinski definition) is 4. The Labute approximate surface area is 205 Å². The number of nitrogens with zero attached hydrogens (tertiary/aromatic N) is 3. The van der Waals surface area contributed by atoms with Crippen LogP contribution in [0, 0.1) is 11.2 Å². The fourth-order valence-corrected chi connectivity index (χ4v) is 4.71. The van der Waals surface area contributed by atoms with Gasteiger partial charge in [-0.05, 0) is 43.2 Å². The maximum Gasteiger partial charge on any atom is 0.166 e. The maximum absolute atomic E-state index is 14.9. The molecular weight excluding hydrogens is 445 g/mol. The van der Waals surface area contributed by atoms with Gasteiger partial charge in [0.15, 0.2) is 11.6 Å². The molecule has 0 radical (unpaired) electrons. The summed E-state index contributed by atoms with van der Waals surface area (Å²) in [7, 11) is 1.93. The van der Waals surface area contributed by atoms with Crippen LogP contribution in [0.15, 0.2) is 64.9 Å². The van der Waals surface area contributed by atoms with Gasteiger partial charge in [0, 0.05) is 50.9 Å². The largest absolute Gasteiger partial charge is 0.454 e. The lowest BCUT2D eigenvalue weighted by molar-refractivity contribution is 0.107. The molecule has 0 aliphatic carbocycles. The smallest absolute Gasteiger partial charge is 0.166 e. The van der Waals surface area contributed by atoms with Gasteiger partial charge in [0.25, 0.3) is 0 Å². The van der Waals surface area contributed by atoms with Crippen molar-refractivity contribution in [1.29, 1.82) is 5.41 Å². The van der Waals surface area contributed by atoms with E-state index in [1.807, 2.05) is 30.1 Å². The molecule has 184 valence electrons. The van der Waals surface area contributed by atoms with E-state index in [4.69, 9.17) is 15.9 Å². The monoisotopic (exact) mass is 477 g/mol. The summed E-state index contributed by atoms with van der Waals surface area (Å²) >= 11 is 0. The van der Waals surface area contributed by atoms with Gasteiger partial charge in [-0.1, -0.05) is 18.2 Å². The van der Waals surface area contributed by atoms with E-state index in [0.29, 0.717) is 35.4 Å². The normalized spacial score (nSPS) is 19.8. The van der Waals surface area contributed by atoms with E-state index in [1.165, 1.54) is 6.07 Å². The highest BCUT2D eigenvalue weighted by Gasteiger charge is 2.31. The van der Waals surface area contributed by atoms with Crippen LogP contribution in [0.3, 0.4) is 0 Å². The summed E-state index contributed by atoms with van der Waals surface area (Å²) in [6.45, 7) is 4.66. The quantitative estimate of drug-likeness (QED) is 0.457. The minimum atomic E-state index is -0.538. The third kappa shape index (κ3) is 5.01. The molecule has 0 saturated carbocycles. The predicted octanol–water partition coefficient (Wildman–Crippen LogP) is 2.48. The minimum absolute atomic E-state index is 0.107. The summed E-state index contributed by atoms with van der Waals surface area (Å²) in [5.41, 5.74) is 7.33. The van der Waals surface area contributed by atoms with Crippen LogP contribution in [0.4, 0.5) is 4.39 Å². The highest BCUT2D eigenvalue weighted by Crippen LogP contribution is 2.27. The fraction of sp³-hybridized carbons (Fsp3) is 0.385. The third-order valence-electron chi connectivity index (χ3n) is 6.92. The molecule has 35 heavy (non-hydrogen) atoms. The van der Waals surface area contributed by atoms with Crippen molar-refractivity contribution < 1.29 is 9.13 Å². The van der Waals surface area contributed by atoms with E-state index in [9.17, 15) is 4.39 Å². The lowest BCUT2D eigenvalue weighted by atomic mass is 9.98. The van der Waals surface area contributed by atoms with Gasteiger partial charge >= 0.3 is 0 Å². The number of rotatable bonds is 7. The first-order valence-corrected chi connectivity index (χ1v) is 12.1. The number of aliphatic imine (C=N–C) groups is 1. The van der Waals surface area contributed by atoms with E-state index >= 15 is 0 Å². The molecule has 5 rings (SSSR count). The van der Waals surface area contributed by atoms with Crippen LogP contribution in [0.5, 0.6) is 11.5 Å². The highest BCUT2D eigenvalue weighted by molar-refractivity contribution is 6.28. The first-order chi connectivity index (χ1) is 17.0. The lowest BCUT2D eigenvalue weighted by Crippen LogP contribution is -2.60. The van der Waals surface area contributed by atoms with E-state index in [0.717, 1.165) is 44.8 Å². The van der Waals surface area contributed by atoms with Crippen LogP contribution in [0.1, 0.15) is 18.4 Å². The molecule has 2 fully saturated rings. The van der Waals surface area contributed by atoms with Crippen LogP contribution in [0.25, 0.3) is 0 Å². The Morgan fingerprint density at radius 2 is 1.91 bits per heavy atom. The van der Waals surface area contributed by atoms with E-state index in [2.05, 4.69) is 20.5 Å². The van der Waals surface area contributed by atoms with Crippen LogP contribution in [-0.4, -0.2) is 73.3 Å². The predicted molar refractivity (Wildman–Crippen MR) is 135 cm³/mol. The molecular formula is C26H32FN7O. The van der Waals surface area contributed by atoms with Gasteiger partial charge in [0.05, 0.1) is 11.3 Å². The van der Waals surface area contributed by atoms with Crippen LogP contribution >= 0.6 is 0 Å². The molecule has 3 aliphatic heterocycles. The Balaban J connectivity index is 1.34. The van der Waals surface area contributed by atoms with Gasteiger partial charge in [-0.3, -0.25) is 10.3 Å². The summed E-state index contributed by atoms with van der Waals surface area (Å²) in [6, 6.07) is 14.5. The number of para-hydroxylation sites is 1. The molecule has 2 saturated heterocycles. The van der Waals surface area contributed by atoms with Gasteiger partial charge in [-0.15, -0.1) is 0 Å². The number of nitrogens with one attached hydrogen (secondary N) is 3. The zero-order chi connectivity index (χ0) is 24.4. The molecule has 0 spiro atoms. The number of halogens is 1. The Bertz CT molecular complexity index is 1140. The Kier molecular flexibility index (Phi) is 6.70. The molecule has 0 amide bonds. The van der Waals surface area contributed by atoms with Crippen LogP contribution in [-0.2, 0) is 0 Å². The summed E-state index contributed by atoms with van der Waals surface area (Å²) in [5.74, 6) is 1.18. The molecule has 2 aromatic rings. The van der Waals surface area contributed by atoms with Gasteiger partial charge in [-0.2, -0.15) is 0 Å². The number of benzene rings is 2. The second kappa shape index (κ2) is 10.1. The zero-order valence-corrected chi connectivity index (χ0v) is 19.9. The number of piperidine rings is 1. The van der Waals surface area contributed by atoms with Gasteiger partial charge in [0.2, 0.25) is 0 Å². The number of amidine groups is 1. The second-order valence-corrected chi connectivity index (χ2v) is 9.31. The van der Waals surface area contributed by atoms with E-state index in [-0.39, 0.29) is 17.5 Å². The third-order valence-corrected chi connectivity index (χ3v) is 6.92. The molecule has 0 aromatic heterocycles. The molecule has 9 heteroatoms. The number of likely N-dealkylation sites (tertiary alicyclic amines) is 1. The Morgan fingerprint density at radius 3 is 2.57 bits per heavy atom. The molecule has 2 aromatic carbocycles. The zero-order valence-electron chi connectivity index (χ0n) is 19.9. The molecule has 0 bridgehead atoms. The van der Waals surface area contributed by atoms with Crippen LogP contribution in [0.2, 0.25) is 0 Å². The molecule has 8 nitrogen and oxygen atoms in total. The topological polar surface area (TPSA) is 102 Å². The fourth-order valence-electron chi connectivity index (χ4n) is 4.71. The standard InChI is InChI=1S/C26H32FN7O/c1-33-16-31-25(29)23(26(33)32-18-9-11-34(12-10-18)19-14-30-15-19)24(28)17-7-8-22(21(27)13-17)35-20-5-3-2-4-6-20/h2-8,13,18-19,28,30,32H,9-12,14-16H2,1H3,(H2,29,31). The summed E-state index contributed by atoms with van der Waals surface area (Å²) in [5, 5.41) is 15.9. The number of nitrogens with two attached hydrogens (primary N) is 1. The number of hydrogen-bond acceptors (Lipinski definition) is 8. The summed E-state index contributed by atoms with van der Waals surface area (Å²) in [6.07, 6.45) is 2.04. The van der Waals surface area contributed by atoms with Crippen LogP contribution < -0.4 is 21.1 Å². The SMILES string of the molecule is CN1CN=C(N)C(C(=N)c2ccc(Oc3ccccc3)c(F)c2)=C1NC1CCN(C2CNC2)CC1. The lowest BCUT2D eigenvalue weighted by Gasteiger charge is -2.43. The van der Waals surface area contributed by atoms with Crippen molar-refractivity contribution in [2.24, 2.45) is 10.7 Å². The van der Waals surface area contributed by atoms with Crippen molar-refractivity contribution in [3.63, 3.8) is 0 Å². The summed E-state index contributed by atoms with van der Waals surface area (Å²) < 4.78 is 20.6. The molecule has 3 heterocycles. The van der Waals surface area contributed by atoms with Crippen molar-refractivity contribution in [2.45, 2.75) is 24.9 Å².